The summed E-state index contributed by atoms with van der Waals surface area (Å²) in [4.78, 5) is 14.7. The number of carbonyl (C=O) groups is 1. The maximum Gasteiger partial charge on any atom is 0.405 e. The van der Waals surface area contributed by atoms with Crippen molar-refractivity contribution in [2.75, 3.05) is 25.7 Å². The first-order valence-corrected chi connectivity index (χ1v) is 12.6. The molecule has 1 aliphatic rings. The SMILES string of the molecule is CC/C(C)=C\N(c1cc(OC)c(C(=O)NCC(F)(F)F)c(OC)c1)c1ccc(C2CC(C)C2C)cc1C. The number of amides is 1. The molecule has 0 radical (unpaired) electrons. The molecule has 1 N–H and O–H groups in total. The van der Waals surface area contributed by atoms with E-state index in [1.165, 1.54) is 26.2 Å². The topological polar surface area (TPSA) is 50.8 Å². The van der Waals surface area contributed by atoms with Gasteiger partial charge < -0.3 is 19.7 Å². The Morgan fingerprint density at radius 2 is 1.76 bits per heavy atom. The number of anilines is 2. The summed E-state index contributed by atoms with van der Waals surface area (Å²) in [6, 6.07) is 9.80. The van der Waals surface area contributed by atoms with Crippen LogP contribution in [0.4, 0.5) is 24.5 Å². The second-order valence-electron chi connectivity index (χ2n) is 9.95. The van der Waals surface area contributed by atoms with Gasteiger partial charge in [0.25, 0.3) is 5.91 Å². The minimum absolute atomic E-state index is 0.0886. The van der Waals surface area contributed by atoms with Gasteiger partial charge in [-0.2, -0.15) is 13.2 Å². The molecule has 202 valence electrons. The van der Waals surface area contributed by atoms with E-state index in [0.29, 0.717) is 17.5 Å². The third-order valence-electron chi connectivity index (χ3n) is 7.42. The number of nitrogens with zero attached hydrogens (tertiary/aromatic N) is 1. The number of benzene rings is 2. The Bertz CT molecular complexity index is 1130. The molecule has 3 atom stereocenters. The van der Waals surface area contributed by atoms with Crippen molar-refractivity contribution in [2.45, 2.75) is 59.6 Å². The highest BCUT2D eigenvalue weighted by Crippen LogP contribution is 2.47. The lowest BCUT2D eigenvalue weighted by molar-refractivity contribution is -0.123. The molecule has 3 unspecified atom stereocenters. The average Bonchev–Trinajstić information content (AvgIpc) is 2.87. The van der Waals surface area contributed by atoms with E-state index in [0.717, 1.165) is 29.2 Å². The van der Waals surface area contributed by atoms with Crippen molar-refractivity contribution in [3.05, 3.63) is 58.8 Å². The molecule has 8 heteroatoms. The third kappa shape index (κ3) is 6.40. The van der Waals surface area contributed by atoms with Gasteiger partial charge in [-0.1, -0.05) is 38.5 Å². The van der Waals surface area contributed by atoms with Gasteiger partial charge >= 0.3 is 6.18 Å². The van der Waals surface area contributed by atoms with Crippen LogP contribution >= 0.6 is 0 Å². The molecule has 3 rings (SSSR count). The molecule has 0 saturated heterocycles. The van der Waals surface area contributed by atoms with Crippen molar-refractivity contribution in [1.29, 1.82) is 0 Å². The Kier molecular flexibility index (Phi) is 8.82. The number of hydrogen-bond donors (Lipinski definition) is 1. The van der Waals surface area contributed by atoms with Crippen molar-refractivity contribution in [2.24, 2.45) is 11.8 Å². The van der Waals surface area contributed by atoms with Gasteiger partial charge in [0.05, 0.1) is 19.9 Å². The summed E-state index contributed by atoms with van der Waals surface area (Å²) in [5.41, 5.74) is 5.07. The number of rotatable bonds is 9. The number of methoxy groups -OCH3 is 2. The molecule has 37 heavy (non-hydrogen) atoms. The summed E-state index contributed by atoms with van der Waals surface area (Å²) in [6.07, 6.45) is -0.496. The highest BCUT2D eigenvalue weighted by atomic mass is 19.4. The standard InChI is InChI=1S/C29H37F3N2O3/c1-8-17(2)15-34(24-10-9-21(11-19(24)4)23-12-18(3)20(23)5)22-13-25(36-6)27(26(14-22)37-7)28(35)33-16-29(30,31)32/h9-11,13-15,18,20,23H,8,12,16H2,1-7H3,(H,33,35)/b17-15-. The minimum Gasteiger partial charge on any atom is -0.496 e. The van der Waals surface area contributed by atoms with Gasteiger partial charge in [-0.3, -0.25) is 4.79 Å². The first kappa shape index (κ1) is 28.4. The van der Waals surface area contributed by atoms with E-state index in [-0.39, 0.29) is 17.1 Å². The minimum atomic E-state index is -4.53. The maximum absolute atomic E-state index is 12.7. The normalized spacial score (nSPS) is 19.7. The molecule has 2 aromatic carbocycles. The summed E-state index contributed by atoms with van der Waals surface area (Å²) >= 11 is 0. The number of aryl methyl sites for hydroxylation is 1. The molecule has 0 aliphatic heterocycles. The molecule has 0 spiro atoms. The van der Waals surface area contributed by atoms with Crippen molar-refractivity contribution in [3.8, 4) is 11.5 Å². The number of carbonyl (C=O) groups excluding carboxylic acids is 1. The second-order valence-corrected chi connectivity index (χ2v) is 9.95. The summed E-state index contributed by atoms with van der Waals surface area (Å²) in [5.74, 6) is 1.24. The largest absolute Gasteiger partial charge is 0.496 e. The highest BCUT2D eigenvalue weighted by molar-refractivity contribution is 6.00. The number of nitrogens with one attached hydrogen (secondary N) is 1. The number of halogens is 3. The predicted molar refractivity (Wildman–Crippen MR) is 141 cm³/mol. The predicted octanol–water partition coefficient (Wildman–Crippen LogP) is 7.52. The Hall–Kier alpha value is -3.16. The monoisotopic (exact) mass is 518 g/mol. The lowest BCUT2D eigenvalue weighted by atomic mass is 9.64. The molecule has 1 saturated carbocycles. The summed E-state index contributed by atoms with van der Waals surface area (Å²) < 4.78 is 49.0. The van der Waals surface area contributed by atoms with Crippen LogP contribution in [-0.2, 0) is 0 Å². The van der Waals surface area contributed by atoms with E-state index in [2.05, 4.69) is 45.9 Å². The van der Waals surface area contributed by atoms with Crippen LogP contribution in [0.25, 0.3) is 0 Å². The molecule has 0 heterocycles. The van der Waals surface area contributed by atoms with Crippen LogP contribution in [0.1, 0.15) is 67.9 Å². The third-order valence-corrected chi connectivity index (χ3v) is 7.42. The van der Waals surface area contributed by atoms with Crippen molar-refractivity contribution >= 4 is 17.3 Å². The Morgan fingerprint density at radius 3 is 2.22 bits per heavy atom. The second kappa shape index (κ2) is 11.5. The molecule has 5 nitrogen and oxygen atoms in total. The Morgan fingerprint density at radius 1 is 1.14 bits per heavy atom. The van der Waals surface area contributed by atoms with Crippen LogP contribution in [0.15, 0.2) is 42.1 Å². The first-order valence-electron chi connectivity index (χ1n) is 12.6. The first-order chi connectivity index (χ1) is 17.4. The molecule has 1 amide bonds. The number of hydrogen-bond acceptors (Lipinski definition) is 4. The van der Waals surface area contributed by atoms with E-state index >= 15 is 0 Å². The van der Waals surface area contributed by atoms with E-state index in [1.54, 1.807) is 12.1 Å². The smallest absolute Gasteiger partial charge is 0.405 e. The van der Waals surface area contributed by atoms with Crippen LogP contribution in [-0.4, -0.2) is 32.8 Å². The van der Waals surface area contributed by atoms with Gasteiger partial charge in [0.1, 0.15) is 23.6 Å². The van der Waals surface area contributed by atoms with Gasteiger partial charge in [-0.25, -0.2) is 0 Å². The summed E-state index contributed by atoms with van der Waals surface area (Å²) in [7, 11) is 2.74. The van der Waals surface area contributed by atoms with Crippen LogP contribution in [0.5, 0.6) is 11.5 Å². The van der Waals surface area contributed by atoms with Gasteiger partial charge in [0.2, 0.25) is 0 Å². The zero-order valence-corrected chi connectivity index (χ0v) is 22.6. The van der Waals surface area contributed by atoms with Crippen LogP contribution in [0, 0.1) is 18.8 Å². The zero-order chi connectivity index (χ0) is 27.5. The van der Waals surface area contributed by atoms with Crippen LogP contribution in [0.2, 0.25) is 0 Å². The highest BCUT2D eigenvalue weighted by Gasteiger charge is 2.35. The molecular formula is C29H37F3N2O3. The van der Waals surface area contributed by atoms with Crippen molar-refractivity contribution in [1.82, 2.24) is 5.32 Å². The van der Waals surface area contributed by atoms with E-state index < -0.39 is 18.6 Å². The van der Waals surface area contributed by atoms with Gasteiger partial charge in [0.15, 0.2) is 0 Å². The van der Waals surface area contributed by atoms with Gasteiger partial charge in [0, 0.05) is 24.0 Å². The zero-order valence-electron chi connectivity index (χ0n) is 22.6. The molecule has 0 bridgehead atoms. The fraction of sp³-hybridized carbons (Fsp3) is 0.483. The molecule has 2 aromatic rings. The molecular weight excluding hydrogens is 481 g/mol. The fourth-order valence-corrected chi connectivity index (χ4v) is 4.77. The van der Waals surface area contributed by atoms with Gasteiger partial charge in [-0.05, 0) is 61.6 Å². The Balaban J connectivity index is 2.07. The van der Waals surface area contributed by atoms with E-state index in [4.69, 9.17) is 9.47 Å². The molecule has 1 aliphatic carbocycles. The van der Waals surface area contributed by atoms with Crippen LogP contribution < -0.4 is 19.7 Å². The summed E-state index contributed by atoms with van der Waals surface area (Å²) in [6.45, 7) is 9.30. The van der Waals surface area contributed by atoms with Crippen LogP contribution in [0.3, 0.4) is 0 Å². The number of alkyl halides is 3. The lowest BCUT2D eigenvalue weighted by Crippen LogP contribution is -2.34. The van der Waals surface area contributed by atoms with Gasteiger partial charge in [-0.15, -0.1) is 0 Å². The number of ether oxygens (including phenoxy) is 2. The molecule has 1 fully saturated rings. The lowest BCUT2D eigenvalue weighted by Gasteiger charge is -2.41. The number of allylic oxidation sites excluding steroid dienone is 1. The maximum atomic E-state index is 12.7. The quantitative estimate of drug-likeness (QED) is 0.373. The van der Waals surface area contributed by atoms with Crippen molar-refractivity contribution in [3.63, 3.8) is 0 Å². The average molecular weight is 519 g/mol. The van der Waals surface area contributed by atoms with E-state index in [1.807, 2.05) is 23.3 Å². The van der Waals surface area contributed by atoms with Crippen molar-refractivity contribution < 1.29 is 27.4 Å². The fourth-order valence-electron chi connectivity index (χ4n) is 4.77. The van der Waals surface area contributed by atoms with E-state index in [9.17, 15) is 18.0 Å². The molecule has 0 aromatic heterocycles. The summed E-state index contributed by atoms with van der Waals surface area (Å²) in [5, 5.41) is 1.90. The Labute approximate surface area is 217 Å².